The topological polar surface area (TPSA) is 107 Å². The average molecular weight is 425 g/mol. The normalized spacial score (nSPS) is 18.0. The van der Waals surface area contributed by atoms with Crippen molar-refractivity contribution < 1.29 is 22.9 Å². The van der Waals surface area contributed by atoms with E-state index in [4.69, 9.17) is 4.74 Å². The van der Waals surface area contributed by atoms with E-state index in [0.717, 1.165) is 10.4 Å². The third-order valence-electron chi connectivity index (χ3n) is 4.66. The molecule has 0 bridgehead atoms. The maximum atomic E-state index is 12.8. The second kappa shape index (κ2) is 8.27. The molecule has 10 heteroatoms. The van der Waals surface area contributed by atoms with Gasteiger partial charge in [-0.3, -0.25) is 14.9 Å². The van der Waals surface area contributed by atoms with E-state index >= 15 is 0 Å². The summed E-state index contributed by atoms with van der Waals surface area (Å²) in [6, 6.07) is 7.05. The van der Waals surface area contributed by atoms with Crippen molar-refractivity contribution in [1.29, 1.82) is 0 Å². The van der Waals surface area contributed by atoms with Gasteiger partial charge in [0.1, 0.15) is 5.75 Å². The van der Waals surface area contributed by atoms with Gasteiger partial charge in [-0.05, 0) is 42.5 Å². The van der Waals surface area contributed by atoms with Crippen LogP contribution in [-0.4, -0.2) is 48.3 Å². The summed E-state index contributed by atoms with van der Waals surface area (Å²) in [7, 11) is -3.14. The van der Waals surface area contributed by atoms with Gasteiger partial charge in [-0.2, -0.15) is 0 Å². The van der Waals surface area contributed by atoms with Gasteiger partial charge >= 0.3 is 0 Å². The Balaban J connectivity index is 1.70. The van der Waals surface area contributed by atoms with Gasteiger partial charge in [0.15, 0.2) is 16.4 Å². The summed E-state index contributed by atoms with van der Waals surface area (Å²) in [5, 5.41) is 12.6. The molecule has 1 saturated heterocycles. The number of nitrogens with zero attached hydrogens (tertiary/aromatic N) is 2. The first-order valence-electron chi connectivity index (χ1n) is 8.65. The minimum Gasteiger partial charge on any atom is -0.484 e. The van der Waals surface area contributed by atoms with E-state index < -0.39 is 14.8 Å². The van der Waals surface area contributed by atoms with Crippen LogP contribution in [0.15, 0.2) is 35.7 Å². The lowest BCUT2D eigenvalue weighted by Gasteiger charge is -2.28. The number of sulfone groups is 1. The molecule has 2 heterocycles. The highest BCUT2D eigenvalue weighted by molar-refractivity contribution is 7.91. The molecule has 0 aliphatic carbocycles. The number of thiophene rings is 1. The minimum absolute atomic E-state index is 0.0410. The first-order valence-corrected chi connectivity index (χ1v) is 11.4. The van der Waals surface area contributed by atoms with Crippen molar-refractivity contribution in [2.45, 2.75) is 25.9 Å². The Morgan fingerprint density at radius 1 is 1.32 bits per heavy atom. The van der Waals surface area contributed by atoms with E-state index in [1.165, 1.54) is 35.6 Å². The molecule has 150 valence electrons. The van der Waals surface area contributed by atoms with Crippen LogP contribution in [0.1, 0.15) is 16.9 Å². The third-order valence-corrected chi connectivity index (χ3v) is 7.42. The first-order chi connectivity index (χ1) is 13.2. The molecule has 2 aromatic rings. The van der Waals surface area contributed by atoms with Crippen molar-refractivity contribution in [2.24, 2.45) is 0 Å². The van der Waals surface area contributed by atoms with E-state index in [9.17, 15) is 23.3 Å². The molecule has 1 fully saturated rings. The molecule has 28 heavy (non-hydrogen) atoms. The summed E-state index contributed by atoms with van der Waals surface area (Å²) in [5.41, 5.74) is 0.990. The van der Waals surface area contributed by atoms with E-state index in [1.54, 1.807) is 4.90 Å². The number of rotatable bonds is 7. The van der Waals surface area contributed by atoms with Gasteiger partial charge in [-0.1, -0.05) is 0 Å². The minimum atomic E-state index is -3.14. The van der Waals surface area contributed by atoms with Crippen molar-refractivity contribution in [3.05, 3.63) is 56.3 Å². The van der Waals surface area contributed by atoms with Crippen molar-refractivity contribution in [1.82, 2.24) is 4.90 Å². The summed E-state index contributed by atoms with van der Waals surface area (Å²) in [6.07, 6.45) is 0.413. The van der Waals surface area contributed by atoms with E-state index in [0.29, 0.717) is 18.7 Å². The summed E-state index contributed by atoms with van der Waals surface area (Å²) < 4.78 is 29.2. The van der Waals surface area contributed by atoms with Crippen LogP contribution < -0.4 is 4.74 Å². The van der Waals surface area contributed by atoms with E-state index in [1.807, 2.05) is 18.4 Å². The van der Waals surface area contributed by atoms with E-state index in [-0.39, 0.29) is 35.7 Å². The molecular formula is C18H20N2O6S2. The van der Waals surface area contributed by atoms with Crippen LogP contribution in [0, 0.1) is 17.0 Å². The molecule has 0 saturated carbocycles. The highest BCUT2D eigenvalue weighted by Gasteiger charge is 2.35. The number of hydrogen-bond acceptors (Lipinski definition) is 7. The zero-order valence-corrected chi connectivity index (χ0v) is 16.9. The Bertz CT molecular complexity index is 968. The molecule has 0 unspecified atom stereocenters. The molecule has 1 atom stereocenters. The third kappa shape index (κ3) is 4.87. The Morgan fingerprint density at radius 2 is 2.04 bits per heavy atom. The molecule has 1 aromatic carbocycles. The summed E-state index contributed by atoms with van der Waals surface area (Å²) in [5.74, 6) is 0.0629. The van der Waals surface area contributed by atoms with Gasteiger partial charge in [0.2, 0.25) is 0 Å². The number of amides is 1. The maximum absolute atomic E-state index is 12.8. The average Bonchev–Trinajstić information content (AvgIpc) is 3.22. The summed E-state index contributed by atoms with van der Waals surface area (Å²) in [6.45, 7) is 2.03. The summed E-state index contributed by atoms with van der Waals surface area (Å²) >= 11 is 1.52. The molecule has 3 rings (SSSR count). The zero-order valence-electron chi connectivity index (χ0n) is 15.2. The largest absolute Gasteiger partial charge is 0.484 e. The lowest BCUT2D eigenvalue weighted by atomic mass is 10.2. The number of ether oxygens (including phenoxy) is 1. The first kappa shape index (κ1) is 20.3. The highest BCUT2D eigenvalue weighted by atomic mass is 32.2. The number of non-ortho nitro benzene ring substituents is 1. The zero-order chi connectivity index (χ0) is 20.3. The standard InChI is InChI=1S/C18H20N2O6S2/c1-13-6-8-27-17(13)10-19(15-7-9-28(24,25)12-15)18(21)11-26-16-4-2-14(3-5-16)20(22)23/h2-6,8,15H,7,9-12H2,1H3/t15-/m1/s1. The van der Waals surface area contributed by atoms with Crippen LogP contribution in [0.25, 0.3) is 0 Å². The Hall–Kier alpha value is -2.46. The molecular weight excluding hydrogens is 404 g/mol. The summed E-state index contributed by atoms with van der Waals surface area (Å²) in [4.78, 5) is 25.6. The maximum Gasteiger partial charge on any atom is 0.269 e. The Kier molecular flexibility index (Phi) is 5.99. The number of carbonyl (C=O) groups is 1. The smallest absolute Gasteiger partial charge is 0.269 e. The number of aryl methyl sites for hydroxylation is 1. The fraction of sp³-hybridized carbons (Fsp3) is 0.389. The predicted octanol–water partition coefficient (Wildman–Crippen LogP) is 2.56. The molecule has 0 N–H and O–H groups in total. The number of nitro groups is 1. The van der Waals surface area contributed by atoms with Crippen molar-refractivity contribution in [3.8, 4) is 5.75 Å². The molecule has 0 radical (unpaired) electrons. The highest BCUT2D eigenvalue weighted by Crippen LogP contribution is 2.24. The van der Waals surface area contributed by atoms with Gasteiger partial charge in [0, 0.05) is 23.1 Å². The quantitative estimate of drug-likeness (QED) is 0.499. The van der Waals surface area contributed by atoms with Gasteiger partial charge in [0.25, 0.3) is 11.6 Å². The van der Waals surface area contributed by atoms with Gasteiger partial charge in [-0.25, -0.2) is 8.42 Å². The lowest BCUT2D eigenvalue weighted by Crippen LogP contribution is -2.43. The second-order valence-electron chi connectivity index (χ2n) is 6.64. The fourth-order valence-corrected chi connectivity index (χ4v) is 5.69. The van der Waals surface area contributed by atoms with Crippen LogP contribution in [0.3, 0.4) is 0 Å². The molecule has 1 aromatic heterocycles. The van der Waals surface area contributed by atoms with Gasteiger partial charge in [0.05, 0.1) is 23.0 Å². The van der Waals surface area contributed by atoms with Crippen molar-refractivity contribution in [3.63, 3.8) is 0 Å². The van der Waals surface area contributed by atoms with Crippen LogP contribution in [0.2, 0.25) is 0 Å². The lowest BCUT2D eigenvalue weighted by molar-refractivity contribution is -0.384. The second-order valence-corrected chi connectivity index (χ2v) is 9.87. The number of nitro benzene ring substituents is 1. The molecule has 1 aliphatic heterocycles. The molecule has 1 aliphatic rings. The number of carbonyl (C=O) groups excluding carboxylic acids is 1. The molecule has 1 amide bonds. The SMILES string of the molecule is Cc1ccsc1CN(C(=O)COc1ccc([N+](=O)[O-])cc1)[C@@H]1CCS(=O)(=O)C1. The predicted molar refractivity (Wildman–Crippen MR) is 105 cm³/mol. The van der Waals surface area contributed by atoms with Crippen molar-refractivity contribution in [2.75, 3.05) is 18.1 Å². The van der Waals surface area contributed by atoms with Crippen LogP contribution >= 0.6 is 11.3 Å². The number of hydrogen-bond donors (Lipinski definition) is 0. The van der Waals surface area contributed by atoms with Gasteiger partial charge in [-0.15, -0.1) is 11.3 Å². The van der Waals surface area contributed by atoms with Crippen molar-refractivity contribution >= 4 is 32.8 Å². The van der Waals surface area contributed by atoms with Crippen LogP contribution in [0.5, 0.6) is 5.75 Å². The monoisotopic (exact) mass is 424 g/mol. The fourth-order valence-electron chi connectivity index (χ4n) is 3.05. The van der Waals surface area contributed by atoms with Gasteiger partial charge < -0.3 is 9.64 Å². The number of benzene rings is 1. The Morgan fingerprint density at radius 3 is 2.57 bits per heavy atom. The van der Waals surface area contributed by atoms with Crippen LogP contribution in [0.4, 0.5) is 5.69 Å². The molecule has 0 spiro atoms. The molecule has 8 nitrogen and oxygen atoms in total. The Labute approximate surface area is 166 Å². The van der Waals surface area contributed by atoms with Crippen LogP contribution in [-0.2, 0) is 21.2 Å². The van der Waals surface area contributed by atoms with E-state index in [2.05, 4.69) is 0 Å².